The highest BCUT2D eigenvalue weighted by atomic mass is 19.4. The third-order valence-electron chi connectivity index (χ3n) is 2.72. The van der Waals surface area contributed by atoms with Gasteiger partial charge < -0.3 is 10.6 Å². The van der Waals surface area contributed by atoms with Gasteiger partial charge in [0.15, 0.2) is 17.5 Å². The lowest BCUT2D eigenvalue weighted by Gasteiger charge is -2.11. The van der Waals surface area contributed by atoms with Crippen molar-refractivity contribution in [2.75, 3.05) is 10.6 Å². The van der Waals surface area contributed by atoms with Gasteiger partial charge in [-0.3, -0.25) is 0 Å². The normalized spacial score (nSPS) is 11.3. The predicted octanol–water partition coefficient (Wildman–Crippen LogP) is 4.91. The number of nitrogens with one attached hydrogen (secondary N) is 2. The van der Waals surface area contributed by atoms with Crippen molar-refractivity contribution in [3.8, 4) is 0 Å². The van der Waals surface area contributed by atoms with E-state index in [1.54, 1.807) is 0 Å². The summed E-state index contributed by atoms with van der Waals surface area (Å²) in [6.45, 7) is 0. The molecular weight excluding hydrogens is 345 g/mol. The molecule has 0 atom stereocenters. The molecule has 0 saturated carbocycles. The molecule has 0 unspecified atom stereocenters. The lowest BCUT2D eigenvalue weighted by atomic mass is 10.2. The quantitative estimate of drug-likeness (QED) is 0.585. The molecule has 0 radical (unpaired) electrons. The highest BCUT2D eigenvalue weighted by molar-refractivity contribution is 5.99. The molecule has 2 aromatic carbocycles. The van der Waals surface area contributed by atoms with Crippen molar-refractivity contribution >= 4 is 17.4 Å². The first-order valence-corrected chi connectivity index (χ1v) is 6.16. The predicted molar refractivity (Wildman–Crippen MR) is 70.4 cm³/mol. The van der Waals surface area contributed by atoms with Crippen LogP contribution in [0.3, 0.4) is 0 Å². The Hall–Kier alpha value is -2.78. The first-order chi connectivity index (χ1) is 11.1. The van der Waals surface area contributed by atoms with Gasteiger partial charge in [0.2, 0.25) is 0 Å². The van der Waals surface area contributed by atoms with E-state index in [-0.39, 0.29) is 6.07 Å². The second-order valence-electron chi connectivity index (χ2n) is 4.56. The summed E-state index contributed by atoms with van der Waals surface area (Å²) < 4.78 is 89.6. The van der Waals surface area contributed by atoms with Gasteiger partial charge in [0.25, 0.3) is 0 Å². The molecular formula is C14H7F7N2O. The van der Waals surface area contributed by atoms with Crippen LogP contribution in [0.2, 0.25) is 0 Å². The van der Waals surface area contributed by atoms with Gasteiger partial charge in [0, 0.05) is 23.5 Å². The molecule has 3 nitrogen and oxygen atoms in total. The molecule has 0 spiro atoms. The summed E-state index contributed by atoms with van der Waals surface area (Å²) in [5.74, 6) is -6.15. The lowest BCUT2D eigenvalue weighted by Crippen LogP contribution is -2.20. The Bertz CT molecular complexity index is 766. The van der Waals surface area contributed by atoms with Gasteiger partial charge in [-0.05, 0) is 18.2 Å². The van der Waals surface area contributed by atoms with E-state index < -0.39 is 52.4 Å². The molecule has 0 fully saturated rings. The number of alkyl halides is 3. The SMILES string of the molecule is O=C(Nc1cc(F)cc(C(F)(F)F)c1)Nc1cc(F)c(F)c(F)c1. The monoisotopic (exact) mass is 352 g/mol. The highest BCUT2D eigenvalue weighted by Crippen LogP contribution is 2.31. The van der Waals surface area contributed by atoms with Gasteiger partial charge in [-0.2, -0.15) is 13.2 Å². The maximum atomic E-state index is 13.2. The molecule has 10 heteroatoms. The fourth-order valence-electron chi connectivity index (χ4n) is 1.75. The smallest absolute Gasteiger partial charge is 0.308 e. The zero-order valence-corrected chi connectivity index (χ0v) is 11.4. The first-order valence-electron chi connectivity index (χ1n) is 6.16. The number of hydrogen-bond donors (Lipinski definition) is 2. The van der Waals surface area contributed by atoms with Crippen molar-refractivity contribution in [3.63, 3.8) is 0 Å². The second kappa shape index (κ2) is 6.38. The highest BCUT2D eigenvalue weighted by Gasteiger charge is 2.31. The zero-order chi connectivity index (χ0) is 18.1. The summed E-state index contributed by atoms with van der Waals surface area (Å²) in [5, 5.41) is 3.75. The molecule has 2 N–H and O–H groups in total. The van der Waals surface area contributed by atoms with Gasteiger partial charge in [-0.25, -0.2) is 22.4 Å². The third-order valence-corrected chi connectivity index (χ3v) is 2.72. The second-order valence-corrected chi connectivity index (χ2v) is 4.56. The Morgan fingerprint density at radius 1 is 0.792 bits per heavy atom. The van der Waals surface area contributed by atoms with Gasteiger partial charge in [-0.1, -0.05) is 0 Å². The van der Waals surface area contributed by atoms with Gasteiger partial charge >= 0.3 is 12.2 Å². The number of benzene rings is 2. The summed E-state index contributed by atoms with van der Waals surface area (Å²) in [7, 11) is 0. The number of anilines is 2. The number of halogens is 7. The van der Waals surface area contributed by atoms with E-state index in [9.17, 15) is 35.5 Å². The molecule has 0 aromatic heterocycles. The van der Waals surface area contributed by atoms with Crippen molar-refractivity contribution < 1.29 is 35.5 Å². The lowest BCUT2D eigenvalue weighted by molar-refractivity contribution is -0.137. The number of carbonyl (C=O) groups excluding carboxylic acids is 1. The Kier molecular flexibility index (Phi) is 4.67. The summed E-state index contributed by atoms with van der Waals surface area (Å²) in [6.07, 6.45) is -4.84. The molecule has 0 aliphatic carbocycles. The number of amides is 2. The molecule has 0 aliphatic heterocycles. The average molecular weight is 352 g/mol. The average Bonchev–Trinajstić information content (AvgIpc) is 2.42. The van der Waals surface area contributed by atoms with Crippen LogP contribution in [-0.4, -0.2) is 6.03 Å². The minimum atomic E-state index is -4.84. The van der Waals surface area contributed by atoms with E-state index >= 15 is 0 Å². The zero-order valence-electron chi connectivity index (χ0n) is 11.4. The van der Waals surface area contributed by atoms with Crippen LogP contribution in [0.5, 0.6) is 0 Å². The standard InChI is InChI=1S/C14H7F7N2O/c15-7-1-6(14(19,20)21)2-8(3-7)22-13(24)23-9-4-10(16)12(18)11(17)5-9/h1-5H,(H2,22,23,24). The van der Waals surface area contributed by atoms with Crippen molar-refractivity contribution in [2.24, 2.45) is 0 Å². The fraction of sp³-hybridized carbons (Fsp3) is 0.0714. The van der Waals surface area contributed by atoms with Crippen LogP contribution >= 0.6 is 0 Å². The molecule has 128 valence electrons. The van der Waals surface area contributed by atoms with Crippen molar-refractivity contribution in [1.82, 2.24) is 0 Å². The minimum absolute atomic E-state index is 0.230. The molecule has 2 amide bonds. The largest absolute Gasteiger partial charge is 0.416 e. The number of hydrogen-bond acceptors (Lipinski definition) is 1. The Labute approximate surface area is 130 Å². The maximum absolute atomic E-state index is 13.2. The maximum Gasteiger partial charge on any atom is 0.416 e. The third kappa shape index (κ3) is 4.15. The molecule has 24 heavy (non-hydrogen) atoms. The Balaban J connectivity index is 2.17. The molecule has 2 aromatic rings. The number of urea groups is 1. The van der Waals surface area contributed by atoms with E-state index in [1.807, 2.05) is 10.6 Å². The van der Waals surface area contributed by atoms with Crippen LogP contribution < -0.4 is 10.6 Å². The van der Waals surface area contributed by atoms with Crippen LogP contribution in [0.25, 0.3) is 0 Å². The van der Waals surface area contributed by atoms with Crippen LogP contribution in [-0.2, 0) is 6.18 Å². The summed E-state index contributed by atoms with van der Waals surface area (Å²) >= 11 is 0. The Morgan fingerprint density at radius 2 is 1.29 bits per heavy atom. The molecule has 0 bridgehead atoms. The van der Waals surface area contributed by atoms with E-state index in [0.29, 0.717) is 24.3 Å². The van der Waals surface area contributed by atoms with E-state index in [4.69, 9.17) is 0 Å². The van der Waals surface area contributed by atoms with Gasteiger partial charge in [0.1, 0.15) is 5.82 Å². The summed E-state index contributed by atoms with van der Waals surface area (Å²) in [5.41, 5.74) is -2.36. The molecule has 0 heterocycles. The summed E-state index contributed by atoms with van der Waals surface area (Å²) in [4.78, 5) is 11.6. The van der Waals surface area contributed by atoms with Crippen LogP contribution in [0.15, 0.2) is 30.3 Å². The number of rotatable bonds is 2. The molecule has 2 rings (SSSR count). The van der Waals surface area contributed by atoms with Crippen molar-refractivity contribution in [2.45, 2.75) is 6.18 Å². The Morgan fingerprint density at radius 3 is 1.79 bits per heavy atom. The first kappa shape index (κ1) is 17.6. The topological polar surface area (TPSA) is 41.1 Å². The van der Waals surface area contributed by atoms with Crippen molar-refractivity contribution in [1.29, 1.82) is 0 Å². The van der Waals surface area contributed by atoms with Crippen LogP contribution in [0.1, 0.15) is 5.56 Å². The fourth-order valence-corrected chi connectivity index (χ4v) is 1.75. The van der Waals surface area contributed by atoms with Crippen LogP contribution in [0.4, 0.5) is 46.9 Å². The number of carbonyl (C=O) groups is 1. The van der Waals surface area contributed by atoms with Crippen LogP contribution in [0, 0.1) is 23.3 Å². The molecule has 0 saturated heterocycles. The minimum Gasteiger partial charge on any atom is -0.308 e. The van der Waals surface area contributed by atoms with E-state index in [1.165, 1.54) is 0 Å². The molecule has 0 aliphatic rings. The van der Waals surface area contributed by atoms with E-state index in [0.717, 1.165) is 0 Å². The van der Waals surface area contributed by atoms with E-state index in [2.05, 4.69) is 0 Å². The van der Waals surface area contributed by atoms with Crippen molar-refractivity contribution in [3.05, 3.63) is 59.2 Å². The van der Waals surface area contributed by atoms with Gasteiger partial charge in [-0.15, -0.1) is 0 Å². The van der Waals surface area contributed by atoms with Gasteiger partial charge in [0.05, 0.1) is 5.56 Å². The summed E-state index contributed by atoms with van der Waals surface area (Å²) in [6, 6.07) is 1.03.